The largest absolute Gasteiger partial charge is 0.351 e. The van der Waals surface area contributed by atoms with Gasteiger partial charge in [0, 0.05) is 25.7 Å². The van der Waals surface area contributed by atoms with Crippen molar-refractivity contribution in [3.8, 4) is 0 Å². The van der Waals surface area contributed by atoms with Gasteiger partial charge in [0.1, 0.15) is 5.52 Å². The van der Waals surface area contributed by atoms with E-state index in [2.05, 4.69) is 15.6 Å². The van der Waals surface area contributed by atoms with Crippen LogP contribution in [0.1, 0.15) is 57.4 Å². The Morgan fingerprint density at radius 3 is 2.88 bits per heavy atom. The maximum atomic E-state index is 12.7. The van der Waals surface area contributed by atoms with Crippen LogP contribution in [0.3, 0.4) is 0 Å². The van der Waals surface area contributed by atoms with Crippen LogP contribution < -0.4 is 16.3 Å². The monoisotopic (exact) mass is 356 g/mol. The molecule has 7 nitrogen and oxygen atoms in total. The highest BCUT2D eigenvalue weighted by Crippen LogP contribution is 2.43. The fourth-order valence-electron chi connectivity index (χ4n) is 5.39. The van der Waals surface area contributed by atoms with Gasteiger partial charge < -0.3 is 10.6 Å². The molecule has 2 N–H and O–H groups in total. The molecule has 0 amide bonds. The predicted molar refractivity (Wildman–Crippen MR) is 101 cm³/mol. The molecule has 26 heavy (non-hydrogen) atoms. The van der Waals surface area contributed by atoms with Gasteiger partial charge in [0.05, 0.1) is 6.20 Å². The van der Waals surface area contributed by atoms with Crippen LogP contribution in [0.4, 0.5) is 5.95 Å². The first-order chi connectivity index (χ1) is 12.7. The molecule has 1 saturated heterocycles. The number of rotatable bonds is 3. The number of hydrogen-bond donors (Lipinski definition) is 2. The van der Waals surface area contributed by atoms with Crippen LogP contribution >= 0.6 is 0 Å². The Hall–Kier alpha value is -1.89. The van der Waals surface area contributed by atoms with E-state index in [-0.39, 0.29) is 11.7 Å². The van der Waals surface area contributed by atoms with E-state index in [9.17, 15) is 4.79 Å². The van der Waals surface area contributed by atoms with E-state index in [0.717, 1.165) is 37.1 Å². The highest BCUT2D eigenvalue weighted by atomic mass is 16.1. The molecule has 0 radical (unpaired) electrons. The topological polar surface area (TPSA) is 76.8 Å². The highest BCUT2D eigenvalue weighted by molar-refractivity contribution is 5.72. The first-order valence-electron chi connectivity index (χ1n) is 10.1. The molecular weight excluding hydrogens is 328 g/mol. The highest BCUT2D eigenvalue weighted by Gasteiger charge is 2.41. The molecule has 2 aromatic rings. The van der Waals surface area contributed by atoms with Crippen LogP contribution in [0, 0.1) is 5.41 Å². The van der Waals surface area contributed by atoms with E-state index in [1.165, 1.54) is 38.5 Å². The summed E-state index contributed by atoms with van der Waals surface area (Å²) in [4.78, 5) is 22.0. The smallest absolute Gasteiger partial charge is 0.330 e. The van der Waals surface area contributed by atoms with Crippen molar-refractivity contribution in [3.63, 3.8) is 0 Å². The molecule has 1 spiro atoms. The molecule has 2 aromatic heterocycles. The molecule has 3 heterocycles. The Morgan fingerprint density at radius 2 is 2.12 bits per heavy atom. The van der Waals surface area contributed by atoms with Crippen LogP contribution in [-0.2, 0) is 7.05 Å². The first-order valence-corrected chi connectivity index (χ1v) is 10.1. The van der Waals surface area contributed by atoms with Gasteiger partial charge in [0.25, 0.3) is 0 Å². The molecule has 3 fully saturated rings. The molecular formula is C19H28N6O. The van der Waals surface area contributed by atoms with Crippen molar-refractivity contribution in [1.82, 2.24) is 24.4 Å². The zero-order valence-electron chi connectivity index (χ0n) is 15.5. The van der Waals surface area contributed by atoms with Crippen LogP contribution in [0.2, 0.25) is 0 Å². The minimum Gasteiger partial charge on any atom is -0.351 e. The maximum Gasteiger partial charge on any atom is 0.330 e. The Kier molecular flexibility index (Phi) is 3.81. The lowest BCUT2D eigenvalue weighted by Gasteiger charge is -2.22. The lowest BCUT2D eigenvalue weighted by Crippen LogP contribution is -2.25. The van der Waals surface area contributed by atoms with E-state index in [1.54, 1.807) is 10.8 Å². The Bertz CT molecular complexity index is 872. The number of fused-ring (bicyclic) bond motifs is 1. The van der Waals surface area contributed by atoms with Crippen LogP contribution in [-0.4, -0.2) is 38.2 Å². The van der Waals surface area contributed by atoms with Gasteiger partial charge in [-0.25, -0.2) is 9.78 Å². The maximum absolute atomic E-state index is 12.7. The number of hydrogen-bond acceptors (Lipinski definition) is 5. The summed E-state index contributed by atoms with van der Waals surface area (Å²) < 4.78 is 3.60. The van der Waals surface area contributed by atoms with Gasteiger partial charge in [-0.05, 0) is 50.5 Å². The third-order valence-electron chi connectivity index (χ3n) is 6.89. The van der Waals surface area contributed by atoms with E-state index in [1.807, 2.05) is 11.6 Å². The second-order valence-corrected chi connectivity index (χ2v) is 8.56. The van der Waals surface area contributed by atoms with Crippen molar-refractivity contribution >= 4 is 17.1 Å². The number of aromatic nitrogens is 4. The Morgan fingerprint density at radius 1 is 1.27 bits per heavy atom. The second kappa shape index (κ2) is 6.08. The lowest BCUT2D eigenvalue weighted by atomic mass is 9.85. The summed E-state index contributed by atoms with van der Waals surface area (Å²) in [5, 5.41) is 7.07. The number of nitrogens with one attached hydrogen (secondary N) is 2. The van der Waals surface area contributed by atoms with Crippen LogP contribution in [0.15, 0.2) is 11.0 Å². The van der Waals surface area contributed by atoms with Crippen molar-refractivity contribution in [1.29, 1.82) is 0 Å². The molecule has 140 valence electrons. The minimum absolute atomic E-state index is 0.0372. The number of imidazole rings is 1. The van der Waals surface area contributed by atoms with E-state index in [0.29, 0.717) is 17.4 Å². The third kappa shape index (κ3) is 2.55. The van der Waals surface area contributed by atoms with Gasteiger partial charge in [-0.3, -0.25) is 9.13 Å². The lowest BCUT2D eigenvalue weighted by molar-refractivity contribution is 0.333. The van der Waals surface area contributed by atoms with Gasteiger partial charge in [0.2, 0.25) is 5.95 Å². The van der Waals surface area contributed by atoms with Crippen molar-refractivity contribution in [2.24, 2.45) is 12.5 Å². The zero-order chi connectivity index (χ0) is 17.7. The van der Waals surface area contributed by atoms with Gasteiger partial charge in [-0.2, -0.15) is 4.98 Å². The summed E-state index contributed by atoms with van der Waals surface area (Å²) in [5.74, 6) is 0.669. The summed E-state index contributed by atoms with van der Waals surface area (Å²) in [6.07, 6.45) is 11.3. The number of aryl methyl sites for hydroxylation is 1. The Labute approximate surface area is 153 Å². The van der Waals surface area contributed by atoms with Crippen molar-refractivity contribution in [2.75, 3.05) is 18.4 Å². The quantitative estimate of drug-likeness (QED) is 0.882. The molecule has 1 aliphatic heterocycles. The summed E-state index contributed by atoms with van der Waals surface area (Å²) >= 11 is 0. The van der Waals surface area contributed by atoms with Gasteiger partial charge in [0.15, 0.2) is 5.65 Å². The van der Waals surface area contributed by atoms with E-state index < -0.39 is 0 Å². The average Bonchev–Trinajstić information content (AvgIpc) is 3.41. The standard InChI is InChI=1S/C19H28N6O/c1-24-15-11-21-17(22-13-6-7-19(10-13)8-9-20-12-19)23-16(15)25(18(24)26)14-4-2-3-5-14/h11,13-14,20H,2-10,12H2,1H3,(H,21,22,23). The molecule has 2 atom stereocenters. The molecule has 2 aliphatic carbocycles. The van der Waals surface area contributed by atoms with Crippen molar-refractivity contribution in [3.05, 3.63) is 16.7 Å². The molecule has 0 bridgehead atoms. The van der Waals surface area contributed by atoms with E-state index in [4.69, 9.17) is 4.98 Å². The summed E-state index contributed by atoms with van der Waals surface area (Å²) in [5.41, 5.74) is 2.13. The summed E-state index contributed by atoms with van der Waals surface area (Å²) in [7, 11) is 1.82. The summed E-state index contributed by atoms with van der Waals surface area (Å²) in [6, 6.07) is 0.718. The minimum atomic E-state index is 0.0372. The molecule has 5 rings (SSSR count). The second-order valence-electron chi connectivity index (χ2n) is 8.56. The van der Waals surface area contributed by atoms with Crippen molar-refractivity contribution in [2.45, 2.75) is 63.5 Å². The number of anilines is 1. The predicted octanol–water partition coefficient (Wildman–Crippen LogP) is 2.19. The SMILES string of the molecule is Cn1c(=O)n(C2CCCC2)c2nc(NC3CCC4(CCNC4)C3)ncc21. The number of nitrogens with zero attached hydrogens (tertiary/aromatic N) is 4. The van der Waals surface area contributed by atoms with Crippen LogP contribution in [0.5, 0.6) is 0 Å². The first kappa shape index (κ1) is 16.3. The van der Waals surface area contributed by atoms with Gasteiger partial charge in [-0.1, -0.05) is 12.8 Å². The third-order valence-corrected chi connectivity index (χ3v) is 6.89. The van der Waals surface area contributed by atoms with Gasteiger partial charge in [-0.15, -0.1) is 0 Å². The van der Waals surface area contributed by atoms with Gasteiger partial charge >= 0.3 is 5.69 Å². The molecule has 3 aliphatic rings. The zero-order valence-corrected chi connectivity index (χ0v) is 15.5. The Balaban J connectivity index is 1.44. The fraction of sp³-hybridized carbons (Fsp3) is 0.737. The van der Waals surface area contributed by atoms with Crippen LogP contribution in [0.25, 0.3) is 11.2 Å². The van der Waals surface area contributed by atoms with Crippen molar-refractivity contribution < 1.29 is 0 Å². The molecule has 7 heteroatoms. The van der Waals surface area contributed by atoms with E-state index >= 15 is 0 Å². The molecule has 2 unspecified atom stereocenters. The molecule has 2 saturated carbocycles. The fourth-order valence-corrected chi connectivity index (χ4v) is 5.39. The average molecular weight is 356 g/mol. The summed E-state index contributed by atoms with van der Waals surface area (Å²) in [6.45, 7) is 2.29. The normalized spacial score (nSPS) is 29.3. The molecule has 0 aromatic carbocycles.